The lowest BCUT2D eigenvalue weighted by atomic mass is 10.1. The summed E-state index contributed by atoms with van der Waals surface area (Å²) in [5.74, 6) is -0.712. The fourth-order valence-corrected chi connectivity index (χ4v) is 4.13. The summed E-state index contributed by atoms with van der Waals surface area (Å²) in [6.45, 7) is 1.09. The summed E-state index contributed by atoms with van der Waals surface area (Å²) in [4.78, 5) is 44.0. The number of carbonyl (C=O) groups excluding carboxylic acids is 2. The second kappa shape index (κ2) is 7.93. The SMILES string of the molecule is O=C(CCn1cnc2ccccc2c1=O)OCC(=O)N1CCc2sccc2C1. The smallest absolute Gasteiger partial charge is 0.308 e. The van der Waals surface area contributed by atoms with Gasteiger partial charge in [0.15, 0.2) is 6.61 Å². The third-order valence-electron chi connectivity index (χ3n) is 4.81. The predicted molar refractivity (Wildman–Crippen MR) is 105 cm³/mol. The number of thiophene rings is 1. The molecule has 3 aromatic rings. The second-order valence-electron chi connectivity index (χ2n) is 6.61. The maximum absolute atomic E-state index is 12.4. The lowest BCUT2D eigenvalue weighted by Gasteiger charge is -2.26. The Kier molecular flexibility index (Phi) is 5.21. The summed E-state index contributed by atoms with van der Waals surface area (Å²) >= 11 is 1.71. The van der Waals surface area contributed by atoms with Crippen LogP contribution in [0.4, 0.5) is 0 Å². The number of amides is 1. The number of para-hydroxylation sites is 1. The standard InChI is InChI=1S/C20H19N3O4S/c24-18(22-8-5-17-14(11-22)7-10-28-17)12-27-19(25)6-9-23-13-21-16-4-2-1-3-15(16)20(23)26/h1-4,7,10,13H,5-6,8-9,11-12H2. The van der Waals surface area contributed by atoms with Crippen molar-refractivity contribution in [2.75, 3.05) is 13.2 Å². The third-order valence-corrected chi connectivity index (χ3v) is 5.83. The van der Waals surface area contributed by atoms with Crippen molar-refractivity contribution in [1.82, 2.24) is 14.5 Å². The number of hydrogen-bond acceptors (Lipinski definition) is 6. The van der Waals surface area contributed by atoms with Crippen molar-refractivity contribution in [3.63, 3.8) is 0 Å². The molecule has 0 atom stereocenters. The van der Waals surface area contributed by atoms with E-state index in [2.05, 4.69) is 4.98 Å². The quantitative estimate of drug-likeness (QED) is 0.615. The number of ether oxygens (including phenoxy) is 1. The van der Waals surface area contributed by atoms with Crippen molar-refractivity contribution in [1.29, 1.82) is 0 Å². The van der Waals surface area contributed by atoms with Crippen molar-refractivity contribution in [3.8, 4) is 0 Å². The molecule has 1 aliphatic heterocycles. The Morgan fingerprint density at radius 3 is 2.96 bits per heavy atom. The van der Waals surface area contributed by atoms with Crippen LogP contribution in [0.5, 0.6) is 0 Å². The van der Waals surface area contributed by atoms with Crippen LogP contribution in [0.1, 0.15) is 16.9 Å². The van der Waals surface area contributed by atoms with Crippen LogP contribution in [-0.4, -0.2) is 39.5 Å². The average molecular weight is 397 g/mol. The highest BCUT2D eigenvalue weighted by atomic mass is 32.1. The van der Waals surface area contributed by atoms with E-state index < -0.39 is 5.97 Å². The summed E-state index contributed by atoms with van der Waals surface area (Å²) in [6.07, 6.45) is 2.27. The fourth-order valence-electron chi connectivity index (χ4n) is 3.24. The summed E-state index contributed by atoms with van der Waals surface area (Å²) in [7, 11) is 0. The number of aryl methyl sites for hydroxylation is 1. The van der Waals surface area contributed by atoms with E-state index in [9.17, 15) is 14.4 Å². The number of rotatable bonds is 5. The minimum absolute atomic E-state index is 0.00187. The zero-order valence-electron chi connectivity index (χ0n) is 15.2. The maximum Gasteiger partial charge on any atom is 0.308 e. The minimum Gasteiger partial charge on any atom is -0.456 e. The monoisotopic (exact) mass is 397 g/mol. The van der Waals surface area contributed by atoms with Gasteiger partial charge in [0.25, 0.3) is 11.5 Å². The molecule has 0 N–H and O–H groups in total. The van der Waals surface area contributed by atoms with Gasteiger partial charge in [-0.05, 0) is 35.6 Å². The second-order valence-corrected chi connectivity index (χ2v) is 7.61. The number of carbonyl (C=O) groups is 2. The third kappa shape index (κ3) is 3.82. The normalized spacial score (nSPS) is 13.4. The Morgan fingerprint density at radius 2 is 2.07 bits per heavy atom. The lowest BCUT2D eigenvalue weighted by Crippen LogP contribution is -2.38. The molecule has 144 valence electrons. The van der Waals surface area contributed by atoms with Crippen molar-refractivity contribution in [2.45, 2.75) is 25.9 Å². The van der Waals surface area contributed by atoms with E-state index >= 15 is 0 Å². The van der Waals surface area contributed by atoms with Gasteiger partial charge in [0.1, 0.15) is 0 Å². The highest BCUT2D eigenvalue weighted by molar-refractivity contribution is 7.10. The molecule has 28 heavy (non-hydrogen) atoms. The van der Waals surface area contributed by atoms with Crippen LogP contribution < -0.4 is 5.56 Å². The zero-order valence-corrected chi connectivity index (χ0v) is 16.0. The van der Waals surface area contributed by atoms with Crippen LogP contribution in [0.3, 0.4) is 0 Å². The highest BCUT2D eigenvalue weighted by Gasteiger charge is 2.22. The number of aromatic nitrogens is 2. The number of nitrogens with zero attached hydrogens (tertiary/aromatic N) is 3. The Hall–Kier alpha value is -3.00. The van der Waals surface area contributed by atoms with Gasteiger partial charge >= 0.3 is 5.97 Å². The Labute approximate surface area is 165 Å². The van der Waals surface area contributed by atoms with Crippen molar-refractivity contribution >= 4 is 34.1 Å². The van der Waals surface area contributed by atoms with E-state index in [1.54, 1.807) is 34.4 Å². The fraction of sp³-hybridized carbons (Fsp3) is 0.300. The van der Waals surface area contributed by atoms with E-state index in [0.717, 1.165) is 6.42 Å². The predicted octanol–water partition coefficient (Wildman–Crippen LogP) is 1.98. The lowest BCUT2D eigenvalue weighted by molar-refractivity contribution is -0.152. The first-order chi connectivity index (χ1) is 13.6. The maximum atomic E-state index is 12.4. The van der Waals surface area contributed by atoms with Gasteiger partial charge in [-0.15, -0.1) is 11.3 Å². The zero-order chi connectivity index (χ0) is 19.5. The summed E-state index contributed by atoms with van der Waals surface area (Å²) in [6, 6.07) is 9.08. The van der Waals surface area contributed by atoms with Gasteiger partial charge in [-0.3, -0.25) is 19.0 Å². The first kappa shape index (κ1) is 18.4. The largest absolute Gasteiger partial charge is 0.456 e. The van der Waals surface area contributed by atoms with E-state index in [1.165, 1.54) is 21.3 Å². The molecule has 0 bridgehead atoms. The average Bonchev–Trinajstić information content (AvgIpc) is 3.19. The summed E-state index contributed by atoms with van der Waals surface area (Å²) in [5.41, 5.74) is 1.58. The van der Waals surface area contributed by atoms with Crippen LogP contribution in [0.25, 0.3) is 10.9 Å². The van der Waals surface area contributed by atoms with Gasteiger partial charge in [0.2, 0.25) is 0 Å². The molecule has 2 aromatic heterocycles. The van der Waals surface area contributed by atoms with Crippen LogP contribution in [0.2, 0.25) is 0 Å². The van der Waals surface area contributed by atoms with Crippen LogP contribution in [-0.2, 0) is 33.8 Å². The molecule has 0 fully saturated rings. The van der Waals surface area contributed by atoms with Crippen molar-refractivity contribution in [3.05, 3.63) is 62.8 Å². The molecule has 8 heteroatoms. The van der Waals surface area contributed by atoms with Crippen LogP contribution in [0, 0.1) is 0 Å². The molecule has 1 aliphatic rings. The molecule has 7 nitrogen and oxygen atoms in total. The molecule has 0 aliphatic carbocycles. The van der Waals surface area contributed by atoms with E-state index in [-0.39, 0.29) is 31.0 Å². The van der Waals surface area contributed by atoms with Crippen molar-refractivity contribution < 1.29 is 14.3 Å². The molecule has 0 saturated carbocycles. The van der Waals surface area contributed by atoms with Gasteiger partial charge < -0.3 is 9.64 Å². The Morgan fingerprint density at radius 1 is 1.21 bits per heavy atom. The molecule has 3 heterocycles. The van der Waals surface area contributed by atoms with E-state index in [1.807, 2.05) is 17.5 Å². The first-order valence-corrected chi connectivity index (χ1v) is 9.92. The van der Waals surface area contributed by atoms with Gasteiger partial charge in [-0.2, -0.15) is 0 Å². The molecule has 0 radical (unpaired) electrons. The molecular formula is C20H19N3O4S. The number of fused-ring (bicyclic) bond motifs is 2. The van der Waals surface area contributed by atoms with Gasteiger partial charge in [-0.25, -0.2) is 4.98 Å². The first-order valence-electron chi connectivity index (χ1n) is 9.04. The molecular weight excluding hydrogens is 378 g/mol. The summed E-state index contributed by atoms with van der Waals surface area (Å²) < 4.78 is 6.50. The number of esters is 1. The van der Waals surface area contributed by atoms with Gasteiger partial charge in [0.05, 0.1) is 23.7 Å². The molecule has 4 rings (SSSR count). The Bertz CT molecular complexity index is 1090. The topological polar surface area (TPSA) is 81.5 Å². The summed E-state index contributed by atoms with van der Waals surface area (Å²) in [5, 5.41) is 2.54. The van der Waals surface area contributed by atoms with Crippen LogP contribution in [0.15, 0.2) is 46.8 Å². The molecule has 0 spiro atoms. The van der Waals surface area contributed by atoms with E-state index in [0.29, 0.717) is 24.0 Å². The highest BCUT2D eigenvalue weighted by Crippen LogP contribution is 2.23. The number of benzene rings is 1. The molecule has 1 amide bonds. The minimum atomic E-state index is -0.512. The Balaban J connectivity index is 1.29. The van der Waals surface area contributed by atoms with E-state index in [4.69, 9.17) is 4.74 Å². The molecule has 1 aromatic carbocycles. The molecule has 0 unspecified atom stereocenters. The van der Waals surface area contributed by atoms with Crippen LogP contribution >= 0.6 is 11.3 Å². The van der Waals surface area contributed by atoms with Gasteiger partial charge in [-0.1, -0.05) is 12.1 Å². The number of hydrogen-bond donors (Lipinski definition) is 0. The van der Waals surface area contributed by atoms with Gasteiger partial charge in [0, 0.05) is 24.5 Å². The van der Waals surface area contributed by atoms with Crippen molar-refractivity contribution in [2.24, 2.45) is 0 Å². The molecule has 0 saturated heterocycles.